The van der Waals surface area contributed by atoms with E-state index in [1.165, 1.54) is 0 Å². The quantitative estimate of drug-likeness (QED) is 0.809. The lowest BCUT2D eigenvalue weighted by Gasteiger charge is -2.14. The molecular formula is C16H23ClN4O2. The van der Waals surface area contributed by atoms with Crippen LogP contribution >= 0.6 is 12.4 Å². The van der Waals surface area contributed by atoms with E-state index in [-0.39, 0.29) is 24.4 Å². The van der Waals surface area contributed by atoms with Crippen LogP contribution in [-0.4, -0.2) is 29.1 Å². The molecule has 0 bridgehead atoms. The van der Waals surface area contributed by atoms with Crippen LogP contribution in [0.1, 0.15) is 43.6 Å². The van der Waals surface area contributed by atoms with Crippen molar-refractivity contribution in [3.05, 3.63) is 47.6 Å². The number of carbonyl (C=O) groups is 1. The SMILES string of the molecule is CCC(=O)NC(c1ccccc1)c1nc(CC(C)NC)no1.Cl. The zero-order chi connectivity index (χ0) is 15.9. The van der Waals surface area contributed by atoms with Crippen molar-refractivity contribution in [2.45, 2.75) is 38.8 Å². The Balaban J connectivity index is 0.00000264. The molecule has 23 heavy (non-hydrogen) atoms. The van der Waals surface area contributed by atoms with Gasteiger partial charge in [0.25, 0.3) is 5.89 Å². The van der Waals surface area contributed by atoms with Gasteiger partial charge in [0.15, 0.2) is 5.82 Å². The first-order valence-corrected chi connectivity index (χ1v) is 7.48. The summed E-state index contributed by atoms with van der Waals surface area (Å²) < 4.78 is 5.37. The minimum absolute atomic E-state index is 0. The fourth-order valence-electron chi connectivity index (χ4n) is 2.04. The van der Waals surface area contributed by atoms with Gasteiger partial charge in [-0.15, -0.1) is 12.4 Å². The highest BCUT2D eigenvalue weighted by Crippen LogP contribution is 2.20. The van der Waals surface area contributed by atoms with Gasteiger partial charge in [0, 0.05) is 18.9 Å². The lowest BCUT2D eigenvalue weighted by Crippen LogP contribution is -2.29. The second-order valence-corrected chi connectivity index (χ2v) is 5.21. The molecule has 2 atom stereocenters. The molecule has 2 rings (SSSR count). The van der Waals surface area contributed by atoms with Crippen LogP contribution in [-0.2, 0) is 11.2 Å². The average Bonchev–Trinajstić information content (AvgIpc) is 3.01. The summed E-state index contributed by atoms with van der Waals surface area (Å²) in [7, 11) is 1.89. The number of halogens is 1. The molecule has 2 aromatic rings. The Morgan fingerprint density at radius 3 is 2.61 bits per heavy atom. The van der Waals surface area contributed by atoms with E-state index < -0.39 is 6.04 Å². The molecular weight excluding hydrogens is 316 g/mol. The zero-order valence-corrected chi connectivity index (χ0v) is 14.4. The van der Waals surface area contributed by atoms with Crippen molar-refractivity contribution in [3.8, 4) is 0 Å². The molecule has 126 valence electrons. The Hall–Kier alpha value is -1.92. The Morgan fingerprint density at radius 2 is 2.00 bits per heavy atom. The predicted molar refractivity (Wildman–Crippen MR) is 90.5 cm³/mol. The number of nitrogens with one attached hydrogen (secondary N) is 2. The maximum absolute atomic E-state index is 11.8. The van der Waals surface area contributed by atoms with Crippen LogP contribution in [0.25, 0.3) is 0 Å². The molecule has 0 saturated carbocycles. The Labute approximate surface area is 142 Å². The lowest BCUT2D eigenvalue weighted by atomic mass is 10.1. The number of rotatable bonds is 7. The van der Waals surface area contributed by atoms with Gasteiger partial charge in [0.1, 0.15) is 6.04 Å². The van der Waals surface area contributed by atoms with Crippen LogP contribution in [0.5, 0.6) is 0 Å². The summed E-state index contributed by atoms with van der Waals surface area (Å²) in [6.07, 6.45) is 1.07. The van der Waals surface area contributed by atoms with Gasteiger partial charge in [0.2, 0.25) is 5.91 Å². The van der Waals surface area contributed by atoms with Gasteiger partial charge in [-0.3, -0.25) is 4.79 Å². The van der Waals surface area contributed by atoms with Crippen LogP contribution in [0.3, 0.4) is 0 Å². The summed E-state index contributed by atoms with van der Waals surface area (Å²) in [5.41, 5.74) is 0.918. The van der Waals surface area contributed by atoms with Gasteiger partial charge < -0.3 is 15.2 Å². The third-order valence-electron chi connectivity index (χ3n) is 3.47. The monoisotopic (exact) mass is 338 g/mol. The van der Waals surface area contributed by atoms with Crippen molar-refractivity contribution in [2.75, 3.05) is 7.05 Å². The summed E-state index contributed by atoms with van der Waals surface area (Å²) in [5, 5.41) is 10.1. The van der Waals surface area contributed by atoms with Crippen LogP contribution in [0.2, 0.25) is 0 Å². The van der Waals surface area contributed by atoms with Gasteiger partial charge in [-0.05, 0) is 19.5 Å². The highest BCUT2D eigenvalue weighted by Gasteiger charge is 2.22. The third kappa shape index (κ3) is 5.33. The lowest BCUT2D eigenvalue weighted by molar-refractivity contribution is -0.121. The minimum atomic E-state index is -0.417. The van der Waals surface area contributed by atoms with Gasteiger partial charge in [-0.2, -0.15) is 4.98 Å². The van der Waals surface area contributed by atoms with E-state index in [4.69, 9.17) is 4.52 Å². The molecule has 1 aromatic heterocycles. The summed E-state index contributed by atoms with van der Waals surface area (Å²) in [6.45, 7) is 3.86. The Morgan fingerprint density at radius 1 is 1.30 bits per heavy atom. The number of aromatic nitrogens is 2. The van der Waals surface area contributed by atoms with E-state index in [0.717, 1.165) is 5.56 Å². The smallest absolute Gasteiger partial charge is 0.253 e. The Kier molecular flexibility index (Phi) is 7.71. The average molecular weight is 339 g/mol. The molecule has 1 aromatic carbocycles. The third-order valence-corrected chi connectivity index (χ3v) is 3.47. The molecule has 0 saturated heterocycles. The number of hydrogen-bond acceptors (Lipinski definition) is 5. The van der Waals surface area contributed by atoms with Gasteiger partial charge >= 0.3 is 0 Å². The topological polar surface area (TPSA) is 80.0 Å². The van der Waals surface area contributed by atoms with E-state index in [0.29, 0.717) is 24.6 Å². The first-order chi connectivity index (χ1) is 10.6. The minimum Gasteiger partial charge on any atom is -0.341 e. The molecule has 0 aliphatic heterocycles. The molecule has 0 fully saturated rings. The highest BCUT2D eigenvalue weighted by molar-refractivity contribution is 5.85. The molecule has 0 aliphatic carbocycles. The van der Waals surface area contributed by atoms with Crippen molar-refractivity contribution in [1.82, 2.24) is 20.8 Å². The largest absolute Gasteiger partial charge is 0.341 e. The maximum Gasteiger partial charge on any atom is 0.253 e. The maximum atomic E-state index is 11.8. The van der Waals surface area contributed by atoms with Crippen molar-refractivity contribution in [3.63, 3.8) is 0 Å². The van der Waals surface area contributed by atoms with Gasteiger partial charge in [0.05, 0.1) is 0 Å². The summed E-state index contributed by atoms with van der Waals surface area (Å²) in [5.74, 6) is 0.979. The Bertz CT molecular complexity index is 603. The molecule has 1 heterocycles. The van der Waals surface area contributed by atoms with Crippen LogP contribution in [0.4, 0.5) is 0 Å². The van der Waals surface area contributed by atoms with Crippen LogP contribution in [0, 0.1) is 0 Å². The van der Waals surface area contributed by atoms with Crippen molar-refractivity contribution in [1.29, 1.82) is 0 Å². The van der Waals surface area contributed by atoms with E-state index in [2.05, 4.69) is 20.8 Å². The molecule has 2 N–H and O–H groups in total. The first-order valence-electron chi connectivity index (χ1n) is 7.48. The number of likely N-dealkylation sites (N-methyl/N-ethyl adjacent to an activating group) is 1. The van der Waals surface area contributed by atoms with Crippen molar-refractivity contribution in [2.24, 2.45) is 0 Å². The molecule has 6 nitrogen and oxygen atoms in total. The first kappa shape index (κ1) is 19.1. The van der Waals surface area contributed by atoms with Crippen molar-refractivity contribution >= 4 is 18.3 Å². The summed E-state index contributed by atoms with van der Waals surface area (Å²) in [4.78, 5) is 16.2. The van der Waals surface area contributed by atoms with E-state index >= 15 is 0 Å². The van der Waals surface area contributed by atoms with E-state index in [9.17, 15) is 4.79 Å². The second kappa shape index (κ2) is 9.27. The normalized spacial score (nSPS) is 13.0. The molecule has 0 radical (unpaired) electrons. The fourth-order valence-corrected chi connectivity index (χ4v) is 2.04. The van der Waals surface area contributed by atoms with E-state index in [1.54, 1.807) is 0 Å². The number of benzene rings is 1. The van der Waals surface area contributed by atoms with E-state index in [1.807, 2.05) is 51.2 Å². The number of hydrogen-bond donors (Lipinski definition) is 2. The summed E-state index contributed by atoms with van der Waals surface area (Å²) >= 11 is 0. The van der Waals surface area contributed by atoms with Crippen molar-refractivity contribution < 1.29 is 9.32 Å². The standard InChI is InChI=1S/C16H22N4O2.ClH/c1-4-14(21)19-15(12-8-6-5-7-9-12)16-18-13(20-22-16)10-11(2)17-3;/h5-9,11,15,17H,4,10H2,1-3H3,(H,19,21);1H. The molecule has 1 amide bonds. The van der Waals surface area contributed by atoms with Crippen LogP contribution in [0.15, 0.2) is 34.9 Å². The zero-order valence-electron chi connectivity index (χ0n) is 13.6. The van der Waals surface area contributed by atoms with Gasteiger partial charge in [-0.1, -0.05) is 42.4 Å². The summed E-state index contributed by atoms with van der Waals surface area (Å²) in [6, 6.07) is 9.46. The molecule has 0 spiro atoms. The highest BCUT2D eigenvalue weighted by atomic mass is 35.5. The fraction of sp³-hybridized carbons (Fsp3) is 0.438. The molecule has 7 heteroatoms. The van der Waals surface area contributed by atoms with Gasteiger partial charge in [-0.25, -0.2) is 0 Å². The number of nitrogens with zero attached hydrogens (tertiary/aromatic N) is 2. The van der Waals surface area contributed by atoms with Crippen LogP contribution < -0.4 is 10.6 Å². The second-order valence-electron chi connectivity index (χ2n) is 5.21. The molecule has 2 unspecified atom stereocenters. The number of amides is 1. The molecule has 0 aliphatic rings. The number of carbonyl (C=O) groups excluding carboxylic acids is 1. The predicted octanol–water partition coefficient (Wildman–Crippen LogP) is 2.26.